The van der Waals surface area contributed by atoms with Crippen molar-refractivity contribution in [1.29, 1.82) is 0 Å². The number of ether oxygens (including phenoxy) is 2. The van der Waals surface area contributed by atoms with Crippen molar-refractivity contribution in [2.75, 3.05) is 13.7 Å². The van der Waals surface area contributed by atoms with E-state index in [1.54, 1.807) is 12.0 Å². The van der Waals surface area contributed by atoms with E-state index in [0.717, 1.165) is 36.3 Å². The summed E-state index contributed by atoms with van der Waals surface area (Å²) in [4.78, 5) is 14.2. The first-order valence-corrected chi connectivity index (χ1v) is 10.1. The van der Waals surface area contributed by atoms with Gasteiger partial charge in [0, 0.05) is 25.4 Å². The number of hydrogen-bond acceptors (Lipinski definition) is 3. The molecule has 1 aliphatic carbocycles. The Kier molecular flexibility index (Phi) is 5.69. The Labute approximate surface area is 169 Å². The van der Waals surface area contributed by atoms with E-state index in [-0.39, 0.29) is 24.5 Å². The largest absolute Gasteiger partial charge is 0.493 e. The minimum atomic E-state index is -0.894. The van der Waals surface area contributed by atoms with Gasteiger partial charge in [-0.3, -0.25) is 4.79 Å². The topological polar surface area (TPSA) is 38.8 Å². The highest BCUT2D eigenvalue weighted by Crippen LogP contribution is 2.37. The molecule has 2 aromatic rings. The fraction of sp³-hybridized carbons (Fsp3) is 0.435. The minimum absolute atomic E-state index is 0.00816. The lowest BCUT2D eigenvalue weighted by Crippen LogP contribution is -2.24. The van der Waals surface area contributed by atoms with Crippen LogP contribution in [0.2, 0.25) is 0 Å². The number of nitrogens with zero attached hydrogens (tertiary/aromatic N) is 1. The van der Waals surface area contributed by atoms with E-state index in [1.807, 2.05) is 18.2 Å². The summed E-state index contributed by atoms with van der Waals surface area (Å²) in [5.41, 5.74) is 1.61. The van der Waals surface area contributed by atoms with Gasteiger partial charge in [-0.2, -0.15) is 0 Å². The van der Waals surface area contributed by atoms with Crippen LogP contribution >= 0.6 is 0 Å². The predicted molar refractivity (Wildman–Crippen MR) is 105 cm³/mol. The number of carbonyl (C=O) groups is 1. The second-order valence-electron chi connectivity index (χ2n) is 7.86. The van der Waals surface area contributed by atoms with Crippen LogP contribution in [0.15, 0.2) is 36.4 Å². The Balaban J connectivity index is 1.48. The lowest BCUT2D eigenvalue weighted by molar-refractivity contribution is -0.128. The van der Waals surface area contributed by atoms with E-state index in [0.29, 0.717) is 24.3 Å². The third kappa shape index (κ3) is 4.36. The summed E-state index contributed by atoms with van der Waals surface area (Å²) in [7, 11) is 1.62. The van der Waals surface area contributed by atoms with Crippen molar-refractivity contribution in [2.45, 2.75) is 50.7 Å². The molecule has 2 aromatic carbocycles. The summed E-state index contributed by atoms with van der Waals surface area (Å²) >= 11 is 0. The van der Waals surface area contributed by atoms with Crippen LogP contribution in [-0.4, -0.2) is 30.6 Å². The molecule has 2 aliphatic rings. The molecule has 1 atom stereocenters. The lowest BCUT2D eigenvalue weighted by Gasteiger charge is -2.19. The lowest BCUT2D eigenvalue weighted by atomic mass is 9.98. The van der Waals surface area contributed by atoms with Crippen molar-refractivity contribution in [2.24, 2.45) is 0 Å². The molecule has 4 nitrogen and oxygen atoms in total. The zero-order valence-corrected chi connectivity index (χ0v) is 16.5. The number of amides is 1. The molecule has 2 fully saturated rings. The van der Waals surface area contributed by atoms with Crippen molar-refractivity contribution in [3.8, 4) is 11.5 Å². The van der Waals surface area contributed by atoms with Crippen molar-refractivity contribution < 1.29 is 23.0 Å². The number of rotatable bonds is 6. The van der Waals surface area contributed by atoms with E-state index < -0.39 is 11.6 Å². The third-order valence-electron chi connectivity index (χ3n) is 5.83. The summed E-state index contributed by atoms with van der Waals surface area (Å²) in [6, 6.07) is 9.60. The molecular formula is C23H25F2NO3. The van der Waals surface area contributed by atoms with Crippen LogP contribution in [0, 0.1) is 11.6 Å². The van der Waals surface area contributed by atoms with Crippen LogP contribution in [0.4, 0.5) is 8.78 Å². The van der Waals surface area contributed by atoms with Gasteiger partial charge in [-0.15, -0.1) is 0 Å². The molecule has 29 heavy (non-hydrogen) atoms. The summed E-state index contributed by atoms with van der Waals surface area (Å²) in [6.07, 6.45) is 5.08. The van der Waals surface area contributed by atoms with Gasteiger partial charge in [-0.1, -0.05) is 12.1 Å². The summed E-state index contributed by atoms with van der Waals surface area (Å²) < 4.78 is 38.2. The van der Waals surface area contributed by atoms with Gasteiger partial charge in [-0.25, -0.2) is 8.78 Å². The molecule has 1 heterocycles. The highest BCUT2D eigenvalue weighted by Gasteiger charge is 2.31. The molecule has 4 rings (SSSR count). The Bertz CT molecular complexity index is 896. The number of benzene rings is 2. The zero-order valence-electron chi connectivity index (χ0n) is 16.5. The molecule has 0 radical (unpaired) electrons. The SMILES string of the molecule is COc1ccc(C2CC(=O)N(Cc3ccc(F)c(F)c3)C2)cc1OC1CCCC1. The fourth-order valence-corrected chi connectivity index (χ4v) is 4.23. The molecule has 154 valence electrons. The maximum Gasteiger partial charge on any atom is 0.223 e. The van der Waals surface area contributed by atoms with E-state index in [4.69, 9.17) is 9.47 Å². The van der Waals surface area contributed by atoms with Crippen LogP contribution in [0.5, 0.6) is 11.5 Å². The van der Waals surface area contributed by atoms with Crippen molar-refractivity contribution >= 4 is 5.91 Å². The molecule has 6 heteroatoms. The van der Waals surface area contributed by atoms with Gasteiger partial charge in [0.05, 0.1) is 13.2 Å². The maximum atomic E-state index is 13.5. The molecule has 0 N–H and O–H groups in total. The highest BCUT2D eigenvalue weighted by molar-refractivity contribution is 5.79. The quantitative estimate of drug-likeness (QED) is 0.697. The normalized spacial score (nSPS) is 19.8. The number of methoxy groups -OCH3 is 1. The van der Waals surface area contributed by atoms with E-state index in [9.17, 15) is 13.6 Å². The van der Waals surface area contributed by atoms with Gasteiger partial charge in [0.15, 0.2) is 23.1 Å². The molecule has 1 unspecified atom stereocenters. The van der Waals surface area contributed by atoms with Gasteiger partial charge in [0.2, 0.25) is 5.91 Å². The van der Waals surface area contributed by atoms with Crippen molar-refractivity contribution in [3.05, 3.63) is 59.2 Å². The van der Waals surface area contributed by atoms with Crippen LogP contribution in [0.1, 0.15) is 49.1 Å². The molecule has 1 aliphatic heterocycles. The highest BCUT2D eigenvalue weighted by atomic mass is 19.2. The fourth-order valence-electron chi connectivity index (χ4n) is 4.23. The standard InChI is InChI=1S/C23H25F2NO3/c1-28-21-9-7-16(11-22(21)29-18-4-2-3-5-18)17-12-23(27)26(14-17)13-15-6-8-19(24)20(25)10-15/h6-11,17-18H,2-5,12-14H2,1H3. The van der Waals surface area contributed by atoms with Crippen LogP contribution < -0.4 is 9.47 Å². The second-order valence-corrected chi connectivity index (χ2v) is 7.86. The summed E-state index contributed by atoms with van der Waals surface area (Å²) in [5, 5.41) is 0. The first-order valence-electron chi connectivity index (χ1n) is 10.1. The smallest absolute Gasteiger partial charge is 0.223 e. The second kappa shape index (κ2) is 8.39. The monoisotopic (exact) mass is 401 g/mol. The molecule has 0 spiro atoms. The van der Waals surface area contributed by atoms with Gasteiger partial charge in [0.1, 0.15) is 0 Å². The number of halogens is 2. The molecule has 0 aromatic heterocycles. The first-order chi connectivity index (χ1) is 14.0. The van der Waals surface area contributed by atoms with Crippen molar-refractivity contribution in [3.63, 3.8) is 0 Å². The zero-order chi connectivity index (χ0) is 20.4. The van der Waals surface area contributed by atoms with Gasteiger partial charge < -0.3 is 14.4 Å². The number of likely N-dealkylation sites (tertiary alicyclic amines) is 1. The van der Waals surface area contributed by atoms with Gasteiger partial charge in [0.25, 0.3) is 0 Å². The molecular weight excluding hydrogens is 376 g/mol. The first kappa shape index (κ1) is 19.7. The summed E-state index contributed by atoms with van der Waals surface area (Å²) in [5.74, 6) is -0.313. The van der Waals surface area contributed by atoms with E-state index >= 15 is 0 Å². The Morgan fingerprint density at radius 1 is 1.03 bits per heavy atom. The summed E-state index contributed by atoms with van der Waals surface area (Å²) in [6.45, 7) is 0.807. The Morgan fingerprint density at radius 3 is 2.55 bits per heavy atom. The van der Waals surface area contributed by atoms with Crippen molar-refractivity contribution in [1.82, 2.24) is 4.90 Å². The average molecular weight is 401 g/mol. The van der Waals surface area contributed by atoms with E-state index in [1.165, 1.54) is 18.9 Å². The van der Waals surface area contributed by atoms with Gasteiger partial charge >= 0.3 is 0 Å². The van der Waals surface area contributed by atoms with Crippen LogP contribution in [0.25, 0.3) is 0 Å². The van der Waals surface area contributed by atoms with Gasteiger partial charge in [-0.05, 0) is 61.1 Å². The number of hydrogen-bond donors (Lipinski definition) is 0. The minimum Gasteiger partial charge on any atom is -0.493 e. The molecule has 1 saturated carbocycles. The van der Waals surface area contributed by atoms with Crippen LogP contribution in [0.3, 0.4) is 0 Å². The average Bonchev–Trinajstić information content (AvgIpc) is 3.35. The molecule has 1 saturated heterocycles. The maximum absolute atomic E-state index is 13.5. The van der Waals surface area contributed by atoms with Crippen LogP contribution in [-0.2, 0) is 11.3 Å². The molecule has 0 bridgehead atoms. The molecule has 1 amide bonds. The predicted octanol–water partition coefficient (Wildman–Crippen LogP) is 4.81. The Morgan fingerprint density at radius 2 is 1.83 bits per heavy atom. The van der Waals surface area contributed by atoms with E-state index in [2.05, 4.69) is 0 Å². The third-order valence-corrected chi connectivity index (χ3v) is 5.83. The number of carbonyl (C=O) groups excluding carboxylic acids is 1. The Hall–Kier alpha value is -2.63.